The van der Waals surface area contributed by atoms with Crippen molar-refractivity contribution in [3.63, 3.8) is 0 Å². The SMILES string of the molecule is [CH2]c1ccc(Oc2nc(OC)cc(OC)n2)cc1. The molecule has 0 atom stereocenters. The molecule has 5 heteroatoms. The zero-order valence-corrected chi connectivity index (χ0v) is 10.2. The normalized spacial score (nSPS) is 9.94. The van der Waals surface area contributed by atoms with Gasteiger partial charge < -0.3 is 14.2 Å². The molecule has 5 nitrogen and oxygen atoms in total. The van der Waals surface area contributed by atoms with Crippen molar-refractivity contribution in [3.05, 3.63) is 42.8 Å². The molecule has 0 spiro atoms. The zero-order valence-electron chi connectivity index (χ0n) is 10.2. The van der Waals surface area contributed by atoms with Gasteiger partial charge in [0.05, 0.1) is 20.3 Å². The Kier molecular flexibility index (Phi) is 3.62. The highest BCUT2D eigenvalue weighted by molar-refractivity contribution is 5.31. The van der Waals surface area contributed by atoms with Crippen LogP contribution in [0.1, 0.15) is 5.56 Å². The molecular formula is C13H13N2O3. The van der Waals surface area contributed by atoms with Gasteiger partial charge in [0.1, 0.15) is 5.75 Å². The Morgan fingerprint density at radius 2 is 1.50 bits per heavy atom. The number of hydrogen-bond acceptors (Lipinski definition) is 5. The third-order valence-electron chi connectivity index (χ3n) is 2.21. The lowest BCUT2D eigenvalue weighted by Gasteiger charge is -2.07. The molecule has 0 aliphatic rings. The van der Waals surface area contributed by atoms with E-state index >= 15 is 0 Å². The summed E-state index contributed by atoms with van der Waals surface area (Å²) in [6.45, 7) is 3.80. The highest BCUT2D eigenvalue weighted by Crippen LogP contribution is 2.23. The third kappa shape index (κ3) is 2.88. The van der Waals surface area contributed by atoms with Crippen LogP contribution in [-0.4, -0.2) is 24.2 Å². The molecule has 0 bridgehead atoms. The van der Waals surface area contributed by atoms with Crippen molar-refractivity contribution in [1.29, 1.82) is 0 Å². The fourth-order valence-corrected chi connectivity index (χ4v) is 1.30. The second-order valence-corrected chi connectivity index (χ2v) is 3.48. The average Bonchev–Trinajstić information content (AvgIpc) is 2.41. The summed E-state index contributed by atoms with van der Waals surface area (Å²) < 4.78 is 15.6. The summed E-state index contributed by atoms with van der Waals surface area (Å²) in [5.41, 5.74) is 0.909. The molecule has 0 unspecified atom stereocenters. The Labute approximate surface area is 105 Å². The van der Waals surface area contributed by atoms with E-state index in [-0.39, 0.29) is 6.01 Å². The first kappa shape index (κ1) is 12.2. The minimum absolute atomic E-state index is 0.169. The van der Waals surface area contributed by atoms with E-state index in [0.29, 0.717) is 17.5 Å². The van der Waals surface area contributed by atoms with Crippen LogP contribution in [0.15, 0.2) is 30.3 Å². The summed E-state index contributed by atoms with van der Waals surface area (Å²) in [4.78, 5) is 8.13. The van der Waals surface area contributed by atoms with Gasteiger partial charge in [0, 0.05) is 0 Å². The number of nitrogens with zero attached hydrogens (tertiary/aromatic N) is 2. The van der Waals surface area contributed by atoms with Crippen LogP contribution in [0.5, 0.6) is 23.5 Å². The van der Waals surface area contributed by atoms with Crippen molar-refractivity contribution in [2.75, 3.05) is 14.2 Å². The van der Waals surface area contributed by atoms with Gasteiger partial charge in [0.2, 0.25) is 11.8 Å². The van der Waals surface area contributed by atoms with E-state index < -0.39 is 0 Å². The standard InChI is InChI=1S/C13H13N2O3/c1-9-4-6-10(7-5-9)18-13-14-11(16-2)8-12(15-13)17-3/h4-8H,1H2,2-3H3. The molecule has 2 rings (SSSR count). The number of aromatic nitrogens is 2. The first-order valence-electron chi connectivity index (χ1n) is 5.28. The molecule has 2 aromatic rings. The van der Waals surface area contributed by atoms with Gasteiger partial charge in [0.15, 0.2) is 0 Å². The summed E-state index contributed by atoms with van der Waals surface area (Å²) >= 11 is 0. The molecular weight excluding hydrogens is 232 g/mol. The Balaban J connectivity index is 2.25. The van der Waals surface area contributed by atoms with E-state index in [4.69, 9.17) is 14.2 Å². The van der Waals surface area contributed by atoms with Crippen LogP contribution in [0.3, 0.4) is 0 Å². The van der Waals surface area contributed by atoms with Gasteiger partial charge >= 0.3 is 6.01 Å². The highest BCUT2D eigenvalue weighted by atomic mass is 16.5. The van der Waals surface area contributed by atoms with E-state index in [1.165, 1.54) is 14.2 Å². The van der Waals surface area contributed by atoms with Crippen molar-refractivity contribution in [2.24, 2.45) is 0 Å². The summed E-state index contributed by atoms with van der Waals surface area (Å²) in [5.74, 6) is 1.38. The predicted molar refractivity (Wildman–Crippen MR) is 66.1 cm³/mol. The van der Waals surface area contributed by atoms with E-state index in [0.717, 1.165) is 5.56 Å². The molecule has 1 radical (unpaired) electrons. The monoisotopic (exact) mass is 245 g/mol. The van der Waals surface area contributed by atoms with Crippen LogP contribution in [0.4, 0.5) is 0 Å². The van der Waals surface area contributed by atoms with E-state index in [2.05, 4.69) is 16.9 Å². The Morgan fingerprint density at radius 3 is 2.00 bits per heavy atom. The van der Waals surface area contributed by atoms with Gasteiger partial charge in [0.25, 0.3) is 0 Å². The number of rotatable bonds is 4. The second-order valence-electron chi connectivity index (χ2n) is 3.48. The molecule has 0 amide bonds. The molecule has 18 heavy (non-hydrogen) atoms. The Morgan fingerprint density at radius 1 is 0.944 bits per heavy atom. The molecule has 93 valence electrons. The number of ether oxygens (including phenoxy) is 3. The van der Waals surface area contributed by atoms with Gasteiger partial charge in [-0.15, -0.1) is 0 Å². The first-order valence-corrected chi connectivity index (χ1v) is 5.28. The van der Waals surface area contributed by atoms with Crippen LogP contribution < -0.4 is 14.2 Å². The number of benzene rings is 1. The zero-order chi connectivity index (χ0) is 13.0. The quantitative estimate of drug-likeness (QED) is 0.828. The molecule has 0 aliphatic carbocycles. The van der Waals surface area contributed by atoms with Crippen molar-refractivity contribution in [1.82, 2.24) is 9.97 Å². The number of methoxy groups -OCH3 is 2. The predicted octanol–water partition coefficient (Wildman–Crippen LogP) is 2.47. The lowest BCUT2D eigenvalue weighted by Crippen LogP contribution is -1.97. The second kappa shape index (κ2) is 5.35. The van der Waals surface area contributed by atoms with Crippen molar-refractivity contribution >= 4 is 0 Å². The summed E-state index contributed by atoms with van der Waals surface area (Å²) in [6, 6.07) is 9.00. The van der Waals surface area contributed by atoms with Crippen LogP contribution in [0.2, 0.25) is 0 Å². The fraction of sp³-hybridized carbons (Fsp3) is 0.154. The maximum absolute atomic E-state index is 5.51. The lowest BCUT2D eigenvalue weighted by molar-refractivity contribution is 0.348. The molecule has 1 aromatic heterocycles. The maximum atomic E-state index is 5.51. The van der Waals surface area contributed by atoms with Gasteiger partial charge in [-0.05, 0) is 24.6 Å². The van der Waals surface area contributed by atoms with Crippen LogP contribution in [-0.2, 0) is 0 Å². The van der Waals surface area contributed by atoms with Crippen molar-refractivity contribution in [3.8, 4) is 23.5 Å². The molecule has 0 N–H and O–H groups in total. The minimum atomic E-state index is 0.169. The number of hydrogen-bond donors (Lipinski definition) is 0. The van der Waals surface area contributed by atoms with Crippen molar-refractivity contribution in [2.45, 2.75) is 0 Å². The maximum Gasteiger partial charge on any atom is 0.328 e. The largest absolute Gasteiger partial charge is 0.481 e. The average molecular weight is 245 g/mol. The first-order chi connectivity index (χ1) is 8.71. The Hall–Kier alpha value is -2.30. The van der Waals surface area contributed by atoms with Crippen LogP contribution in [0.25, 0.3) is 0 Å². The van der Waals surface area contributed by atoms with Gasteiger partial charge in [-0.3, -0.25) is 0 Å². The fourth-order valence-electron chi connectivity index (χ4n) is 1.30. The van der Waals surface area contributed by atoms with Crippen LogP contribution in [0, 0.1) is 6.92 Å². The molecule has 0 saturated carbocycles. The molecule has 1 heterocycles. The minimum Gasteiger partial charge on any atom is -0.481 e. The smallest absolute Gasteiger partial charge is 0.328 e. The molecule has 0 saturated heterocycles. The van der Waals surface area contributed by atoms with Crippen LogP contribution >= 0.6 is 0 Å². The van der Waals surface area contributed by atoms with Gasteiger partial charge in [-0.25, -0.2) is 0 Å². The Bertz CT molecular complexity index is 504. The van der Waals surface area contributed by atoms with E-state index in [1.54, 1.807) is 18.2 Å². The molecule has 0 fully saturated rings. The van der Waals surface area contributed by atoms with Gasteiger partial charge in [-0.2, -0.15) is 9.97 Å². The van der Waals surface area contributed by atoms with E-state index in [1.807, 2.05) is 12.1 Å². The highest BCUT2D eigenvalue weighted by Gasteiger charge is 2.07. The topological polar surface area (TPSA) is 53.5 Å². The lowest BCUT2D eigenvalue weighted by atomic mass is 10.2. The van der Waals surface area contributed by atoms with Crippen molar-refractivity contribution < 1.29 is 14.2 Å². The molecule has 1 aromatic carbocycles. The summed E-state index contributed by atoms with van der Waals surface area (Å²) in [6.07, 6.45) is 0. The summed E-state index contributed by atoms with van der Waals surface area (Å²) in [5, 5.41) is 0. The molecule has 0 aliphatic heterocycles. The van der Waals surface area contributed by atoms with Gasteiger partial charge in [-0.1, -0.05) is 12.1 Å². The summed E-state index contributed by atoms with van der Waals surface area (Å²) in [7, 11) is 3.03. The van der Waals surface area contributed by atoms with E-state index in [9.17, 15) is 0 Å². The third-order valence-corrected chi connectivity index (χ3v) is 2.21.